The van der Waals surface area contributed by atoms with Gasteiger partial charge in [-0.1, -0.05) is 0 Å². The molecule has 5 heteroatoms. The zero-order chi connectivity index (χ0) is 12.5. The predicted molar refractivity (Wildman–Crippen MR) is 69.9 cm³/mol. The molecule has 2 unspecified atom stereocenters. The van der Waals surface area contributed by atoms with Gasteiger partial charge < -0.3 is 10.1 Å². The van der Waals surface area contributed by atoms with Crippen LogP contribution in [0.25, 0.3) is 0 Å². The van der Waals surface area contributed by atoms with Gasteiger partial charge in [0.1, 0.15) is 12.1 Å². The zero-order valence-corrected chi connectivity index (χ0v) is 11.0. The number of rotatable bonds is 3. The molecule has 2 fully saturated rings. The second kappa shape index (κ2) is 4.72. The normalized spacial score (nSPS) is 27.2. The molecule has 1 aromatic heterocycles. The molecule has 0 aliphatic carbocycles. The Labute approximate surface area is 108 Å². The summed E-state index contributed by atoms with van der Waals surface area (Å²) in [5.41, 5.74) is 0.997. The Morgan fingerprint density at radius 1 is 1.33 bits per heavy atom. The average Bonchev–Trinajstić information content (AvgIpc) is 2.96. The third-order valence-electron chi connectivity index (χ3n) is 4.16. The van der Waals surface area contributed by atoms with Crippen LogP contribution in [0.2, 0.25) is 0 Å². The fraction of sp³-hybridized carbons (Fsp3) is 0.692. The number of nitrogens with one attached hydrogen (secondary N) is 1. The number of ether oxygens (including phenoxy) is 1. The molecule has 3 heterocycles. The fourth-order valence-electron chi connectivity index (χ4n) is 3.21. The minimum absolute atomic E-state index is 0.519. The molecule has 1 N–H and O–H groups in total. The summed E-state index contributed by atoms with van der Waals surface area (Å²) in [7, 11) is 1.65. The molecule has 0 bridgehead atoms. The second-order valence-electron chi connectivity index (χ2n) is 5.14. The summed E-state index contributed by atoms with van der Waals surface area (Å²) in [4.78, 5) is 11.0. The van der Waals surface area contributed by atoms with Gasteiger partial charge in [0, 0.05) is 18.6 Å². The molecule has 0 amide bonds. The Kier molecular flexibility index (Phi) is 3.07. The fourth-order valence-corrected chi connectivity index (χ4v) is 3.21. The number of fused-ring (bicyclic) bond motifs is 1. The van der Waals surface area contributed by atoms with Gasteiger partial charge in [-0.25, -0.2) is 9.97 Å². The van der Waals surface area contributed by atoms with Crippen LogP contribution >= 0.6 is 0 Å². The lowest BCUT2D eigenvalue weighted by molar-refractivity contribution is 0.318. The van der Waals surface area contributed by atoms with E-state index in [1.165, 1.54) is 32.4 Å². The summed E-state index contributed by atoms with van der Waals surface area (Å²) >= 11 is 0. The van der Waals surface area contributed by atoms with Gasteiger partial charge in [-0.3, -0.25) is 4.90 Å². The highest BCUT2D eigenvalue weighted by Crippen LogP contribution is 2.31. The first-order chi connectivity index (χ1) is 8.79. The van der Waals surface area contributed by atoms with Crippen molar-refractivity contribution < 1.29 is 4.74 Å². The molecule has 0 spiro atoms. The molecule has 2 atom stereocenters. The molecule has 2 aliphatic rings. The maximum absolute atomic E-state index is 5.24. The van der Waals surface area contributed by atoms with Crippen molar-refractivity contribution >= 4 is 5.82 Å². The van der Waals surface area contributed by atoms with Crippen LogP contribution < -0.4 is 10.1 Å². The van der Waals surface area contributed by atoms with Crippen molar-refractivity contribution in [2.45, 2.75) is 38.3 Å². The average molecular weight is 248 g/mol. The van der Waals surface area contributed by atoms with Gasteiger partial charge in [-0.15, -0.1) is 0 Å². The smallest absolute Gasteiger partial charge is 0.221 e. The molecular weight excluding hydrogens is 228 g/mol. The maximum atomic E-state index is 5.24. The first-order valence-corrected chi connectivity index (χ1v) is 6.66. The number of nitrogens with zero attached hydrogens (tertiary/aromatic N) is 3. The van der Waals surface area contributed by atoms with E-state index in [1.54, 1.807) is 13.4 Å². The molecule has 2 saturated heterocycles. The van der Waals surface area contributed by atoms with Gasteiger partial charge >= 0.3 is 0 Å². The molecule has 3 rings (SSSR count). The summed E-state index contributed by atoms with van der Waals surface area (Å²) in [5.74, 6) is 1.58. The first-order valence-electron chi connectivity index (χ1n) is 6.66. The largest absolute Gasteiger partial charge is 0.481 e. The lowest BCUT2D eigenvalue weighted by Gasteiger charge is -2.22. The second-order valence-corrected chi connectivity index (χ2v) is 5.14. The Hall–Kier alpha value is -1.36. The zero-order valence-electron chi connectivity index (χ0n) is 11.0. The number of aromatic nitrogens is 2. The van der Waals surface area contributed by atoms with E-state index in [4.69, 9.17) is 4.74 Å². The van der Waals surface area contributed by atoms with E-state index in [0.29, 0.717) is 18.0 Å². The van der Waals surface area contributed by atoms with Crippen LogP contribution in [0.3, 0.4) is 0 Å². The lowest BCUT2D eigenvalue weighted by atomic mass is 10.1. The van der Waals surface area contributed by atoms with E-state index < -0.39 is 0 Å². The van der Waals surface area contributed by atoms with Crippen molar-refractivity contribution in [1.29, 1.82) is 0 Å². The van der Waals surface area contributed by atoms with Crippen LogP contribution in [0.4, 0.5) is 5.82 Å². The molecule has 18 heavy (non-hydrogen) atoms. The summed E-state index contributed by atoms with van der Waals surface area (Å²) in [6.07, 6.45) is 5.40. The molecule has 5 nitrogen and oxygen atoms in total. The Morgan fingerprint density at radius 3 is 3.06 bits per heavy atom. The van der Waals surface area contributed by atoms with Crippen molar-refractivity contribution in [2.75, 3.05) is 25.5 Å². The molecule has 1 aromatic rings. The maximum Gasteiger partial charge on any atom is 0.221 e. The first kappa shape index (κ1) is 11.7. The van der Waals surface area contributed by atoms with Gasteiger partial charge in [0.15, 0.2) is 0 Å². The molecule has 0 radical (unpaired) electrons. The van der Waals surface area contributed by atoms with Gasteiger partial charge in [0.2, 0.25) is 5.88 Å². The van der Waals surface area contributed by atoms with E-state index in [0.717, 1.165) is 11.4 Å². The SMILES string of the molecule is COc1ncnc(NC2CCN3CCCC23)c1C. The van der Waals surface area contributed by atoms with Crippen LogP contribution in [0, 0.1) is 6.92 Å². The van der Waals surface area contributed by atoms with Crippen molar-refractivity contribution in [3.8, 4) is 5.88 Å². The van der Waals surface area contributed by atoms with Crippen LogP contribution in [-0.2, 0) is 0 Å². The van der Waals surface area contributed by atoms with E-state index in [2.05, 4.69) is 20.2 Å². The van der Waals surface area contributed by atoms with Crippen molar-refractivity contribution in [3.05, 3.63) is 11.9 Å². The highest BCUT2D eigenvalue weighted by Gasteiger charge is 2.37. The topological polar surface area (TPSA) is 50.3 Å². The number of anilines is 1. The molecule has 0 aromatic carbocycles. The summed E-state index contributed by atoms with van der Waals surface area (Å²) < 4.78 is 5.24. The summed E-state index contributed by atoms with van der Waals surface area (Å²) in [6, 6.07) is 1.20. The van der Waals surface area contributed by atoms with Gasteiger partial charge in [0.25, 0.3) is 0 Å². The molecule has 0 saturated carbocycles. The molecule has 2 aliphatic heterocycles. The minimum Gasteiger partial charge on any atom is -0.481 e. The van der Waals surface area contributed by atoms with Crippen LogP contribution in [-0.4, -0.2) is 47.2 Å². The monoisotopic (exact) mass is 248 g/mol. The van der Waals surface area contributed by atoms with E-state index in [9.17, 15) is 0 Å². The summed E-state index contributed by atoms with van der Waals surface area (Å²) in [5, 5.41) is 3.58. The van der Waals surface area contributed by atoms with Crippen molar-refractivity contribution in [3.63, 3.8) is 0 Å². The highest BCUT2D eigenvalue weighted by molar-refractivity contribution is 5.48. The van der Waals surface area contributed by atoms with Crippen molar-refractivity contribution in [1.82, 2.24) is 14.9 Å². The third kappa shape index (κ3) is 1.92. The number of hydrogen-bond donors (Lipinski definition) is 1. The van der Waals surface area contributed by atoms with Gasteiger partial charge in [-0.05, 0) is 32.7 Å². The van der Waals surface area contributed by atoms with Crippen LogP contribution in [0.15, 0.2) is 6.33 Å². The highest BCUT2D eigenvalue weighted by atomic mass is 16.5. The Morgan fingerprint density at radius 2 is 2.22 bits per heavy atom. The third-order valence-corrected chi connectivity index (χ3v) is 4.16. The number of methoxy groups -OCH3 is 1. The Bertz CT molecular complexity index is 437. The van der Waals surface area contributed by atoms with Gasteiger partial charge in [0.05, 0.1) is 12.7 Å². The number of hydrogen-bond acceptors (Lipinski definition) is 5. The van der Waals surface area contributed by atoms with E-state index in [-0.39, 0.29) is 0 Å². The molecule has 98 valence electrons. The van der Waals surface area contributed by atoms with E-state index in [1.807, 2.05) is 6.92 Å². The van der Waals surface area contributed by atoms with Gasteiger partial charge in [-0.2, -0.15) is 0 Å². The van der Waals surface area contributed by atoms with E-state index >= 15 is 0 Å². The molecular formula is C13H20N4O. The predicted octanol–water partition coefficient (Wildman–Crippen LogP) is 1.44. The van der Waals surface area contributed by atoms with Crippen LogP contribution in [0.1, 0.15) is 24.8 Å². The lowest BCUT2D eigenvalue weighted by Crippen LogP contribution is -2.34. The van der Waals surface area contributed by atoms with Crippen molar-refractivity contribution in [2.24, 2.45) is 0 Å². The Balaban J connectivity index is 1.76. The quantitative estimate of drug-likeness (QED) is 0.877. The van der Waals surface area contributed by atoms with Crippen LogP contribution in [0.5, 0.6) is 5.88 Å². The standard InChI is InChI=1S/C13H20N4O/c1-9-12(14-8-15-13(9)18-2)16-10-5-7-17-6-3-4-11(10)17/h8,10-11H,3-7H2,1-2H3,(H,14,15,16). The minimum atomic E-state index is 0.519. The summed E-state index contributed by atoms with van der Waals surface area (Å²) in [6.45, 7) is 4.47.